The first-order valence-corrected chi connectivity index (χ1v) is 6.86. The lowest BCUT2D eigenvalue weighted by atomic mass is 9.73. The van der Waals surface area contributed by atoms with E-state index in [1.807, 2.05) is 0 Å². The Morgan fingerprint density at radius 2 is 1.67 bits per heavy atom. The lowest BCUT2D eigenvalue weighted by Gasteiger charge is -2.51. The topological polar surface area (TPSA) is 60.8 Å². The van der Waals surface area contributed by atoms with E-state index in [1.165, 1.54) is 5.06 Å². The predicted octanol–water partition coefficient (Wildman–Crippen LogP) is 3.29. The van der Waals surface area contributed by atoms with E-state index in [0.717, 1.165) is 32.1 Å². The zero-order valence-electron chi connectivity index (χ0n) is 12.1. The number of piperidine rings is 1. The summed E-state index contributed by atoms with van der Waals surface area (Å²) in [6, 6.07) is 0. The van der Waals surface area contributed by atoms with Gasteiger partial charge >= 0.3 is 5.97 Å². The number of nitrogens with zero attached hydrogens (tertiary/aromatic N) is 1. The van der Waals surface area contributed by atoms with E-state index in [9.17, 15) is 10.0 Å². The molecule has 18 heavy (non-hydrogen) atoms. The maximum Gasteiger partial charge on any atom is 0.303 e. The molecular formula is C14H27NO3. The molecule has 1 saturated heterocycles. The van der Waals surface area contributed by atoms with Crippen molar-refractivity contribution in [3.05, 3.63) is 0 Å². The van der Waals surface area contributed by atoms with Crippen molar-refractivity contribution in [2.45, 2.75) is 77.3 Å². The average Bonchev–Trinajstić information content (AvgIpc) is 2.20. The molecule has 0 aromatic rings. The minimum atomic E-state index is -0.708. The minimum Gasteiger partial charge on any atom is -0.481 e. The molecule has 0 spiro atoms. The Kier molecular flexibility index (Phi) is 4.78. The molecule has 4 heteroatoms. The maximum atomic E-state index is 10.5. The van der Waals surface area contributed by atoms with Crippen molar-refractivity contribution in [3.8, 4) is 0 Å². The van der Waals surface area contributed by atoms with Crippen LogP contribution in [-0.4, -0.2) is 32.4 Å². The third-order valence-electron chi connectivity index (χ3n) is 3.98. The third kappa shape index (κ3) is 3.95. The molecule has 1 aliphatic heterocycles. The first-order chi connectivity index (χ1) is 8.15. The monoisotopic (exact) mass is 257 g/mol. The van der Waals surface area contributed by atoms with Gasteiger partial charge in [-0.25, -0.2) is 0 Å². The summed E-state index contributed by atoms with van der Waals surface area (Å²) in [4.78, 5) is 10.5. The van der Waals surface area contributed by atoms with Gasteiger partial charge in [-0.05, 0) is 52.9 Å². The van der Waals surface area contributed by atoms with Crippen molar-refractivity contribution in [2.24, 2.45) is 5.92 Å². The quantitative estimate of drug-likeness (QED) is 0.742. The van der Waals surface area contributed by atoms with Crippen molar-refractivity contribution in [2.75, 3.05) is 0 Å². The van der Waals surface area contributed by atoms with Gasteiger partial charge in [0.15, 0.2) is 0 Å². The summed E-state index contributed by atoms with van der Waals surface area (Å²) in [6.45, 7) is 8.27. The second kappa shape index (κ2) is 5.57. The summed E-state index contributed by atoms with van der Waals surface area (Å²) >= 11 is 0. The molecule has 4 nitrogen and oxygen atoms in total. The van der Waals surface area contributed by atoms with E-state index in [2.05, 4.69) is 27.7 Å². The summed E-state index contributed by atoms with van der Waals surface area (Å²) in [5.74, 6) is -0.131. The SMILES string of the molecule is CC1(C)CC(CCCCC(=O)O)CC(C)(C)N1O. The van der Waals surface area contributed by atoms with E-state index in [1.54, 1.807) is 0 Å². The number of hydrogen-bond acceptors (Lipinski definition) is 3. The second-order valence-electron chi connectivity index (χ2n) is 6.85. The van der Waals surface area contributed by atoms with Crippen LogP contribution in [-0.2, 0) is 4.79 Å². The molecule has 1 heterocycles. The van der Waals surface area contributed by atoms with Crippen LogP contribution in [0.25, 0.3) is 0 Å². The lowest BCUT2D eigenvalue weighted by molar-refractivity contribution is -0.251. The fourth-order valence-electron chi connectivity index (χ4n) is 3.39. The molecule has 1 aliphatic rings. The highest BCUT2D eigenvalue weighted by Crippen LogP contribution is 2.41. The van der Waals surface area contributed by atoms with Gasteiger partial charge in [-0.1, -0.05) is 12.8 Å². The van der Waals surface area contributed by atoms with Crippen LogP contribution in [0.2, 0.25) is 0 Å². The van der Waals surface area contributed by atoms with Crippen LogP contribution in [0.5, 0.6) is 0 Å². The fraction of sp³-hybridized carbons (Fsp3) is 0.929. The first-order valence-electron chi connectivity index (χ1n) is 6.86. The summed E-state index contributed by atoms with van der Waals surface area (Å²) in [6.07, 6.45) is 5.00. The van der Waals surface area contributed by atoms with Gasteiger partial charge in [-0.15, -0.1) is 0 Å². The van der Waals surface area contributed by atoms with Crippen LogP contribution in [0.1, 0.15) is 66.2 Å². The van der Waals surface area contributed by atoms with Gasteiger partial charge in [-0.3, -0.25) is 4.79 Å². The van der Waals surface area contributed by atoms with E-state index >= 15 is 0 Å². The van der Waals surface area contributed by atoms with Gasteiger partial charge in [-0.2, -0.15) is 5.06 Å². The normalized spacial score (nSPS) is 24.1. The Hall–Kier alpha value is -0.610. The molecule has 0 bridgehead atoms. The number of carbonyl (C=O) groups is 1. The number of aliphatic carboxylic acids is 1. The maximum absolute atomic E-state index is 10.5. The average molecular weight is 257 g/mol. The van der Waals surface area contributed by atoms with Crippen molar-refractivity contribution in [1.82, 2.24) is 5.06 Å². The summed E-state index contributed by atoms with van der Waals surface area (Å²) in [7, 11) is 0. The van der Waals surface area contributed by atoms with E-state index in [0.29, 0.717) is 5.92 Å². The minimum absolute atomic E-state index is 0.195. The second-order valence-corrected chi connectivity index (χ2v) is 6.85. The molecule has 0 radical (unpaired) electrons. The third-order valence-corrected chi connectivity index (χ3v) is 3.98. The van der Waals surface area contributed by atoms with Gasteiger partial charge in [0.05, 0.1) is 0 Å². The molecule has 0 saturated carbocycles. The van der Waals surface area contributed by atoms with Gasteiger partial charge in [0.25, 0.3) is 0 Å². The molecule has 0 aliphatic carbocycles. The van der Waals surface area contributed by atoms with E-state index < -0.39 is 5.97 Å². The number of carboxylic acid groups (broad SMARTS) is 1. The molecule has 0 aromatic heterocycles. The van der Waals surface area contributed by atoms with Gasteiger partial charge in [0, 0.05) is 17.5 Å². The standard InChI is InChI=1S/C14H27NO3/c1-13(2)9-11(7-5-6-8-12(16)17)10-14(3,4)15(13)18/h11,18H,5-10H2,1-4H3,(H,16,17). The largest absolute Gasteiger partial charge is 0.481 e. The Balaban J connectivity index is 2.46. The van der Waals surface area contributed by atoms with Gasteiger partial charge in [0.1, 0.15) is 0 Å². The molecule has 0 unspecified atom stereocenters. The molecule has 106 valence electrons. The zero-order valence-corrected chi connectivity index (χ0v) is 12.1. The Bertz CT molecular complexity index is 281. The summed E-state index contributed by atoms with van der Waals surface area (Å²) in [5.41, 5.74) is -0.390. The van der Waals surface area contributed by atoms with Crippen molar-refractivity contribution in [3.63, 3.8) is 0 Å². The number of rotatable bonds is 5. The molecular weight excluding hydrogens is 230 g/mol. The Labute approximate surface area is 110 Å². The van der Waals surface area contributed by atoms with Crippen LogP contribution >= 0.6 is 0 Å². The van der Waals surface area contributed by atoms with Crippen molar-refractivity contribution < 1.29 is 15.1 Å². The highest BCUT2D eigenvalue weighted by Gasteiger charge is 2.44. The van der Waals surface area contributed by atoms with Crippen molar-refractivity contribution >= 4 is 5.97 Å². The molecule has 0 amide bonds. The van der Waals surface area contributed by atoms with Gasteiger partial charge < -0.3 is 10.3 Å². The molecule has 2 N–H and O–H groups in total. The number of hydrogen-bond donors (Lipinski definition) is 2. The fourth-order valence-corrected chi connectivity index (χ4v) is 3.39. The van der Waals surface area contributed by atoms with Crippen LogP contribution in [0, 0.1) is 5.92 Å². The summed E-state index contributed by atoms with van der Waals surface area (Å²) in [5, 5.41) is 20.3. The zero-order chi connectivity index (χ0) is 14.0. The van der Waals surface area contributed by atoms with Gasteiger partial charge in [0.2, 0.25) is 0 Å². The van der Waals surface area contributed by atoms with Crippen LogP contribution in [0.4, 0.5) is 0 Å². The Morgan fingerprint density at radius 1 is 1.17 bits per heavy atom. The number of hydroxylamine groups is 2. The highest BCUT2D eigenvalue weighted by molar-refractivity contribution is 5.66. The van der Waals surface area contributed by atoms with E-state index in [4.69, 9.17) is 5.11 Å². The summed E-state index contributed by atoms with van der Waals surface area (Å²) < 4.78 is 0. The number of carboxylic acids is 1. The molecule has 1 fully saturated rings. The van der Waals surface area contributed by atoms with Crippen molar-refractivity contribution in [1.29, 1.82) is 0 Å². The van der Waals surface area contributed by atoms with Crippen LogP contribution in [0.3, 0.4) is 0 Å². The smallest absolute Gasteiger partial charge is 0.303 e. The molecule has 1 rings (SSSR count). The van der Waals surface area contributed by atoms with Crippen LogP contribution < -0.4 is 0 Å². The molecule has 0 aromatic carbocycles. The predicted molar refractivity (Wildman–Crippen MR) is 70.6 cm³/mol. The number of unbranched alkanes of at least 4 members (excludes halogenated alkanes) is 1. The van der Waals surface area contributed by atoms with E-state index in [-0.39, 0.29) is 17.5 Å². The Morgan fingerprint density at radius 3 is 2.11 bits per heavy atom. The first kappa shape index (κ1) is 15.4. The molecule has 0 atom stereocenters. The van der Waals surface area contributed by atoms with Crippen LogP contribution in [0.15, 0.2) is 0 Å². The lowest BCUT2D eigenvalue weighted by Crippen LogP contribution is -2.58. The highest BCUT2D eigenvalue weighted by atomic mass is 16.5.